The van der Waals surface area contributed by atoms with E-state index < -0.39 is 0 Å². The Bertz CT molecular complexity index is 1280. The first-order valence-electron chi connectivity index (χ1n) is 12.3. The molecular weight excluding hydrogens is 450 g/mol. The predicted molar refractivity (Wildman–Crippen MR) is 141 cm³/mol. The van der Waals surface area contributed by atoms with Crippen molar-refractivity contribution in [2.45, 2.75) is 45.6 Å². The summed E-state index contributed by atoms with van der Waals surface area (Å²) in [6.07, 6.45) is 15.2. The van der Waals surface area contributed by atoms with Gasteiger partial charge in [0.05, 0.1) is 17.9 Å². The summed E-state index contributed by atoms with van der Waals surface area (Å²) in [5, 5.41) is 8.10. The number of carbonyl (C=O) groups is 1. The van der Waals surface area contributed by atoms with Crippen molar-refractivity contribution in [1.82, 2.24) is 24.6 Å². The van der Waals surface area contributed by atoms with Crippen LogP contribution in [0.5, 0.6) is 0 Å². The zero-order valence-electron chi connectivity index (χ0n) is 21.3. The van der Waals surface area contributed by atoms with Crippen LogP contribution < -0.4 is 0 Å². The zero-order chi connectivity index (χ0) is 25.7. The molecule has 8 nitrogen and oxygen atoms in total. The minimum Gasteiger partial charge on any atom is -0.349 e. The largest absolute Gasteiger partial charge is 0.349 e. The predicted octanol–water partition coefficient (Wildman–Crippen LogP) is 6.16. The molecule has 0 aliphatic heterocycles. The molecule has 0 bridgehead atoms. The van der Waals surface area contributed by atoms with E-state index in [4.69, 9.17) is 5.53 Å². The van der Waals surface area contributed by atoms with Crippen molar-refractivity contribution >= 4 is 11.5 Å². The SMILES string of the molecule is C/C=C(\C=C(\C)N=N)c1cccc(-c2ncc(-c3cnn(C4CCC(C(=O)N(C)C)CC4)c3)cn2)c1. The lowest BCUT2D eigenvalue weighted by Crippen LogP contribution is -2.32. The van der Waals surface area contributed by atoms with Crippen LogP contribution in [0.2, 0.25) is 0 Å². The molecule has 36 heavy (non-hydrogen) atoms. The Morgan fingerprint density at radius 1 is 1.08 bits per heavy atom. The van der Waals surface area contributed by atoms with Gasteiger partial charge < -0.3 is 4.90 Å². The van der Waals surface area contributed by atoms with Gasteiger partial charge in [0, 0.05) is 55.3 Å². The summed E-state index contributed by atoms with van der Waals surface area (Å²) < 4.78 is 2.03. The number of carbonyl (C=O) groups excluding carboxylic acids is 1. The quantitative estimate of drug-likeness (QED) is 0.321. The molecule has 2 heterocycles. The Morgan fingerprint density at radius 2 is 1.81 bits per heavy atom. The molecular formula is C28H33N7O. The monoisotopic (exact) mass is 483 g/mol. The molecule has 0 saturated heterocycles. The molecule has 1 fully saturated rings. The number of nitrogens with one attached hydrogen (secondary N) is 1. The number of allylic oxidation sites excluding steroid dienone is 4. The summed E-state index contributed by atoms with van der Waals surface area (Å²) in [7, 11) is 3.65. The molecule has 1 aromatic carbocycles. The van der Waals surface area contributed by atoms with Crippen LogP contribution >= 0.6 is 0 Å². The van der Waals surface area contributed by atoms with E-state index in [0.717, 1.165) is 53.5 Å². The second kappa shape index (κ2) is 11.2. The van der Waals surface area contributed by atoms with Gasteiger partial charge in [-0.25, -0.2) is 15.5 Å². The first kappa shape index (κ1) is 25.2. The molecule has 0 atom stereocenters. The number of aromatic nitrogens is 4. The lowest BCUT2D eigenvalue weighted by molar-refractivity contribution is -0.134. The fourth-order valence-corrected chi connectivity index (χ4v) is 4.69. The summed E-state index contributed by atoms with van der Waals surface area (Å²) in [5.41, 5.74) is 12.7. The highest BCUT2D eigenvalue weighted by atomic mass is 16.2. The molecule has 3 aromatic rings. The van der Waals surface area contributed by atoms with E-state index in [1.165, 1.54) is 0 Å². The Labute approximate surface area is 212 Å². The van der Waals surface area contributed by atoms with Gasteiger partial charge in [-0.15, -0.1) is 0 Å². The summed E-state index contributed by atoms with van der Waals surface area (Å²) in [6, 6.07) is 8.37. The van der Waals surface area contributed by atoms with Gasteiger partial charge in [0.25, 0.3) is 0 Å². The second-order valence-electron chi connectivity index (χ2n) is 9.46. The molecule has 1 amide bonds. The summed E-state index contributed by atoms with van der Waals surface area (Å²) in [4.78, 5) is 23.2. The standard InChI is InChI=1S/C28H33N7O/c1-5-20(13-19(2)33-29)22-7-6-8-23(14-22)27-30-15-24(16-31-27)25-17-32-35(18-25)26-11-9-21(10-12-26)28(36)34(3)4/h5-8,13-18,21,26,29H,9-12H2,1-4H3/b19-13-,20-5+,33-29?. The van der Waals surface area contributed by atoms with Crippen molar-refractivity contribution in [2.24, 2.45) is 11.0 Å². The number of hydrogen-bond donors (Lipinski definition) is 1. The minimum absolute atomic E-state index is 0.127. The van der Waals surface area contributed by atoms with Gasteiger partial charge in [0.15, 0.2) is 5.82 Å². The van der Waals surface area contributed by atoms with Crippen molar-refractivity contribution in [3.63, 3.8) is 0 Å². The van der Waals surface area contributed by atoms with Crippen LogP contribution in [0, 0.1) is 11.4 Å². The Balaban J connectivity index is 1.46. The van der Waals surface area contributed by atoms with Gasteiger partial charge in [0.2, 0.25) is 5.91 Å². The molecule has 1 aliphatic carbocycles. The lowest BCUT2D eigenvalue weighted by Gasteiger charge is -2.29. The zero-order valence-corrected chi connectivity index (χ0v) is 21.3. The maximum Gasteiger partial charge on any atom is 0.225 e. The van der Waals surface area contributed by atoms with E-state index in [2.05, 4.69) is 26.4 Å². The van der Waals surface area contributed by atoms with E-state index in [0.29, 0.717) is 17.6 Å². The number of benzene rings is 1. The van der Waals surface area contributed by atoms with Crippen molar-refractivity contribution in [2.75, 3.05) is 14.1 Å². The maximum absolute atomic E-state index is 12.3. The summed E-state index contributed by atoms with van der Waals surface area (Å²) in [5.74, 6) is 1.01. The third-order valence-electron chi connectivity index (χ3n) is 6.75. The highest BCUT2D eigenvalue weighted by Gasteiger charge is 2.28. The fourth-order valence-electron chi connectivity index (χ4n) is 4.69. The molecule has 0 unspecified atom stereocenters. The number of nitrogens with zero attached hydrogens (tertiary/aromatic N) is 6. The van der Waals surface area contributed by atoms with Crippen LogP contribution in [0.15, 0.2) is 72.0 Å². The molecule has 2 aromatic heterocycles. The summed E-state index contributed by atoms with van der Waals surface area (Å²) in [6.45, 7) is 3.78. The van der Waals surface area contributed by atoms with Crippen molar-refractivity contribution < 1.29 is 4.79 Å². The van der Waals surface area contributed by atoms with E-state index in [1.807, 2.05) is 80.7 Å². The average molecular weight is 484 g/mol. The summed E-state index contributed by atoms with van der Waals surface area (Å²) >= 11 is 0. The van der Waals surface area contributed by atoms with E-state index in [-0.39, 0.29) is 11.8 Å². The number of hydrogen-bond acceptors (Lipinski definition) is 6. The van der Waals surface area contributed by atoms with E-state index in [9.17, 15) is 4.79 Å². The average Bonchev–Trinajstić information content (AvgIpc) is 3.41. The van der Waals surface area contributed by atoms with Crippen LogP contribution in [-0.4, -0.2) is 44.7 Å². The highest BCUT2D eigenvalue weighted by Crippen LogP contribution is 2.33. The van der Waals surface area contributed by atoms with Gasteiger partial charge in [-0.3, -0.25) is 9.48 Å². The molecule has 4 rings (SSSR count). The molecule has 0 radical (unpaired) electrons. The molecule has 8 heteroatoms. The van der Waals surface area contributed by atoms with Gasteiger partial charge in [-0.2, -0.15) is 10.2 Å². The maximum atomic E-state index is 12.3. The first-order chi connectivity index (χ1) is 17.4. The smallest absolute Gasteiger partial charge is 0.225 e. The van der Waals surface area contributed by atoms with E-state index >= 15 is 0 Å². The Morgan fingerprint density at radius 3 is 2.44 bits per heavy atom. The van der Waals surface area contributed by atoms with Gasteiger partial charge in [-0.1, -0.05) is 24.3 Å². The minimum atomic E-state index is 0.127. The number of rotatable bonds is 7. The van der Waals surface area contributed by atoms with Crippen LogP contribution in [-0.2, 0) is 4.79 Å². The van der Waals surface area contributed by atoms with Crippen LogP contribution in [0.25, 0.3) is 28.1 Å². The van der Waals surface area contributed by atoms with Crippen molar-refractivity contribution in [3.8, 4) is 22.5 Å². The lowest BCUT2D eigenvalue weighted by atomic mass is 9.85. The normalized spacial score (nSPS) is 18.7. The Hall–Kier alpha value is -3.94. The van der Waals surface area contributed by atoms with Crippen LogP contribution in [0.4, 0.5) is 0 Å². The second-order valence-corrected chi connectivity index (χ2v) is 9.46. The van der Waals surface area contributed by atoms with Crippen molar-refractivity contribution in [3.05, 3.63) is 72.5 Å². The molecule has 1 aliphatic rings. The van der Waals surface area contributed by atoms with Crippen LogP contribution in [0.3, 0.4) is 0 Å². The molecule has 0 spiro atoms. The van der Waals surface area contributed by atoms with Gasteiger partial charge in [0.1, 0.15) is 0 Å². The van der Waals surface area contributed by atoms with E-state index in [1.54, 1.807) is 11.8 Å². The first-order valence-corrected chi connectivity index (χ1v) is 12.3. The third kappa shape index (κ3) is 5.64. The van der Waals surface area contributed by atoms with Gasteiger partial charge in [-0.05, 0) is 62.8 Å². The van der Waals surface area contributed by atoms with Crippen LogP contribution in [0.1, 0.15) is 51.1 Å². The van der Waals surface area contributed by atoms with Crippen molar-refractivity contribution in [1.29, 1.82) is 5.53 Å². The highest BCUT2D eigenvalue weighted by molar-refractivity contribution is 5.78. The number of amides is 1. The Kier molecular flexibility index (Phi) is 7.83. The molecule has 186 valence electrons. The topological polar surface area (TPSA) is 100 Å². The molecule has 1 saturated carbocycles. The third-order valence-corrected chi connectivity index (χ3v) is 6.75. The fraction of sp³-hybridized carbons (Fsp3) is 0.357. The molecule has 1 N–H and O–H groups in total. The van der Waals surface area contributed by atoms with Gasteiger partial charge >= 0.3 is 0 Å².